The highest BCUT2D eigenvalue weighted by Crippen LogP contribution is 2.29. The van der Waals surface area contributed by atoms with Crippen molar-refractivity contribution in [1.29, 1.82) is 0 Å². The van der Waals surface area contributed by atoms with Gasteiger partial charge in [-0.05, 0) is 7.05 Å². The average molecular weight is 267 g/mol. The van der Waals surface area contributed by atoms with Crippen molar-refractivity contribution in [3.05, 3.63) is 11.1 Å². The van der Waals surface area contributed by atoms with Gasteiger partial charge < -0.3 is 9.80 Å². The maximum atomic E-state index is 12.2. The molecule has 5 heteroatoms. The zero-order chi connectivity index (χ0) is 13.3. The molecule has 0 atom stereocenters. The zero-order valence-electron chi connectivity index (χ0n) is 11.6. The molecule has 0 bridgehead atoms. The van der Waals surface area contributed by atoms with E-state index in [0.29, 0.717) is 0 Å². The van der Waals surface area contributed by atoms with Crippen LogP contribution in [-0.2, 0) is 0 Å². The number of anilines is 1. The molecule has 0 amide bonds. The molecular formula is C13H21N3OS. The average Bonchev–Trinajstić information content (AvgIpc) is 2.77. The summed E-state index contributed by atoms with van der Waals surface area (Å²) in [5, 5.41) is 0.982. The summed E-state index contributed by atoms with van der Waals surface area (Å²) in [7, 11) is 2.13. The lowest BCUT2D eigenvalue weighted by Crippen LogP contribution is -2.44. The Labute approximate surface area is 113 Å². The van der Waals surface area contributed by atoms with E-state index < -0.39 is 0 Å². The van der Waals surface area contributed by atoms with Crippen LogP contribution in [0.1, 0.15) is 30.4 Å². The lowest BCUT2D eigenvalue weighted by atomic mass is 9.90. The van der Waals surface area contributed by atoms with E-state index in [0.717, 1.165) is 36.2 Å². The predicted molar refractivity (Wildman–Crippen MR) is 75.6 cm³/mol. The molecular weight excluding hydrogens is 246 g/mol. The van der Waals surface area contributed by atoms with Crippen molar-refractivity contribution in [2.75, 3.05) is 38.1 Å². The molecule has 0 unspecified atom stereocenters. The van der Waals surface area contributed by atoms with Gasteiger partial charge in [-0.1, -0.05) is 32.1 Å². The third-order valence-corrected chi connectivity index (χ3v) is 4.23. The SMILES string of the molecule is CN1CCN(c2ncc(C(=O)C(C)(C)C)s2)CC1. The van der Waals surface area contributed by atoms with Gasteiger partial charge in [-0.2, -0.15) is 0 Å². The van der Waals surface area contributed by atoms with Gasteiger partial charge in [0.15, 0.2) is 10.9 Å². The van der Waals surface area contributed by atoms with E-state index in [2.05, 4.69) is 21.8 Å². The molecule has 0 aromatic carbocycles. The van der Waals surface area contributed by atoms with Crippen molar-refractivity contribution in [3.63, 3.8) is 0 Å². The van der Waals surface area contributed by atoms with Crippen molar-refractivity contribution in [2.45, 2.75) is 20.8 Å². The summed E-state index contributed by atoms with van der Waals surface area (Å²) in [6, 6.07) is 0. The van der Waals surface area contributed by atoms with Gasteiger partial charge in [0, 0.05) is 31.6 Å². The van der Waals surface area contributed by atoms with E-state index in [4.69, 9.17) is 0 Å². The first-order valence-electron chi connectivity index (χ1n) is 6.32. The lowest BCUT2D eigenvalue weighted by molar-refractivity contribution is 0.0862. The van der Waals surface area contributed by atoms with Crippen molar-refractivity contribution in [2.24, 2.45) is 5.41 Å². The molecule has 100 valence electrons. The van der Waals surface area contributed by atoms with Gasteiger partial charge in [-0.15, -0.1) is 0 Å². The van der Waals surface area contributed by atoms with Crippen molar-refractivity contribution in [3.8, 4) is 0 Å². The number of Topliss-reactive ketones (excluding diaryl/α,β-unsaturated/α-hetero) is 1. The third-order valence-electron chi connectivity index (χ3n) is 3.17. The van der Waals surface area contributed by atoms with Crippen LogP contribution in [-0.4, -0.2) is 48.9 Å². The number of carbonyl (C=O) groups is 1. The van der Waals surface area contributed by atoms with Crippen LogP contribution >= 0.6 is 11.3 Å². The smallest absolute Gasteiger partial charge is 0.186 e. The molecule has 1 aromatic heterocycles. The predicted octanol–water partition coefficient (Wildman–Crippen LogP) is 2.12. The Morgan fingerprint density at radius 3 is 2.44 bits per heavy atom. The molecule has 0 saturated carbocycles. The molecule has 1 aliphatic heterocycles. The molecule has 0 aliphatic carbocycles. The summed E-state index contributed by atoms with van der Waals surface area (Å²) < 4.78 is 0. The number of piperazine rings is 1. The van der Waals surface area contributed by atoms with E-state index in [1.54, 1.807) is 6.20 Å². The molecule has 4 nitrogen and oxygen atoms in total. The minimum Gasteiger partial charge on any atom is -0.346 e. The highest BCUT2D eigenvalue weighted by Gasteiger charge is 2.26. The molecule has 18 heavy (non-hydrogen) atoms. The molecule has 1 aromatic rings. The zero-order valence-corrected chi connectivity index (χ0v) is 12.4. The topological polar surface area (TPSA) is 36.4 Å². The first-order valence-corrected chi connectivity index (χ1v) is 7.14. The molecule has 0 radical (unpaired) electrons. The molecule has 2 heterocycles. The summed E-state index contributed by atoms with van der Waals surface area (Å²) in [6.45, 7) is 9.95. The van der Waals surface area contributed by atoms with Crippen LogP contribution in [0.25, 0.3) is 0 Å². The monoisotopic (exact) mass is 267 g/mol. The maximum absolute atomic E-state index is 12.2. The summed E-state index contributed by atoms with van der Waals surface area (Å²) in [4.78, 5) is 21.9. The fourth-order valence-corrected chi connectivity index (χ4v) is 3.00. The second-order valence-electron chi connectivity index (χ2n) is 5.88. The van der Waals surface area contributed by atoms with E-state index in [9.17, 15) is 4.79 Å². The number of thiazole rings is 1. The van der Waals surface area contributed by atoms with Gasteiger partial charge in [-0.25, -0.2) is 4.98 Å². The quantitative estimate of drug-likeness (QED) is 0.769. The summed E-state index contributed by atoms with van der Waals surface area (Å²) >= 11 is 1.52. The fourth-order valence-electron chi connectivity index (χ4n) is 1.88. The Hall–Kier alpha value is -0.940. The van der Waals surface area contributed by atoms with Crippen LogP contribution in [0.2, 0.25) is 0 Å². The van der Waals surface area contributed by atoms with Crippen LogP contribution in [0.15, 0.2) is 6.20 Å². The number of likely N-dealkylation sites (N-methyl/N-ethyl adjacent to an activating group) is 1. The normalized spacial score (nSPS) is 18.1. The first kappa shape index (κ1) is 13.5. The highest BCUT2D eigenvalue weighted by molar-refractivity contribution is 7.17. The van der Waals surface area contributed by atoms with Gasteiger partial charge >= 0.3 is 0 Å². The van der Waals surface area contributed by atoms with Crippen molar-refractivity contribution in [1.82, 2.24) is 9.88 Å². The van der Waals surface area contributed by atoms with E-state index in [1.165, 1.54) is 11.3 Å². The summed E-state index contributed by atoms with van der Waals surface area (Å²) in [6.07, 6.45) is 1.73. The van der Waals surface area contributed by atoms with Crippen LogP contribution in [0.3, 0.4) is 0 Å². The second kappa shape index (κ2) is 4.97. The number of carbonyl (C=O) groups excluding carboxylic acids is 1. The minimum atomic E-state index is -0.327. The standard InChI is InChI=1S/C13H21N3OS/c1-13(2,3)11(17)10-9-14-12(18-10)16-7-5-15(4)6-8-16/h9H,5-8H2,1-4H3. The Kier molecular flexibility index (Phi) is 3.73. The van der Waals surface area contributed by atoms with E-state index in [-0.39, 0.29) is 11.2 Å². The number of hydrogen-bond donors (Lipinski definition) is 0. The highest BCUT2D eigenvalue weighted by atomic mass is 32.1. The van der Waals surface area contributed by atoms with Crippen molar-refractivity contribution < 1.29 is 4.79 Å². The second-order valence-corrected chi connectivity index (χ2v) is 6.89. The number of rotatable bonds is 2. The molecule has 0 spiro atoms. The summed E-state index contributed by atoms with van der Waals surface area (Å²) in [5.74, 6) is 0.181. The van der Waals surface area contributed by atoms with Gasteiger partial charge in [0.1, 0.15) is 0 Å². The number of aromatic nitrogens is 1. The lowest BCUT2D eigenvalue weighted by Gasteiger charge is -2.32. The Morgan fingerprint density at radius 2 is 1.89 bits per heavy atom. The van der Waals surface area contributed by atoms with Gasteiger partial charge in [-0.3, -0.25) is 4.79 Å². The third kappa shape index (κ3) is 2.90. The van der Waals surface area contributed by atoms with Gasteiger partial charge in [0.05, 0.1) is 11.1 Å². The number of ketones is 1. The Balaban J connectivity index is 2.09. The minimum absolute atomic E-state index is 0.181. The maximum Gasteiger partial charge on any atom is 0.186 e. The van der Waals surface area contributed by atoms with Crippen LogP contribution < -0.4 is 4.90 Å². The van der Waals surface area contributed by atoms with Crippen LogP contribution in [0.4, 0.5) is 5.13 Å². The van der Waals surface area contributed by atoms with E-state index in [1.807, 2.05) is 20.8 Å². The van der Waals surface area contributed by atoms with Crippen molar-refractivity contribution >= 4 is 22.3 Å². The number of nitrogens with zero attached hydrogens (tertiary/aromatic N) is 3. The summed E-state index contributed by atoms with van der Waals surface area (Å²) in [5.41, 5.74) is -0.327. The van der Waals surface area contributed by atoms with Gasteiger partial charge in [0.25, 0.3) is 0 Å². The number of hydrogen-bond acceptors (Lipinski definition) is 5. The Morgan fingerprint density at radius 1 is 1.28 bits per heavy atom. The van der Waals surface area contributed by atoms with Crippen LogP contribution in [0, 0.1) is 5.41 Å². The molecule has 1 aliphatic rings. The largest absolute Gasteiger partial charge is 0.346 e. The first-order chi connectivity index (χ1) is 8.38. The van der Waals surface area contributed by atoms with E-state index >= 15 is 0 Å². The molecule has 0 N–H and O–H groups in total. The molecule has 2 rings (SSSR count). The molecule has 1 saturated heterocycles. The van der Waals surface area contributed by atoms with Gasteiger partial charge in [0.2, 0.25) is 0 Å². The Bertz CT molecular complexity index is 428. The fraction of sp³-hybridized carbons (Fsp3) is 0.692. The van der Waals surface area contributed by atoms with Crippen LogP contribution in [0.5, 0.6) is 0 Å². The molecule has 1 fully saturated rings.